The molecule has 86 valence electrons. The maximum atomic E-state index is 12.2. The van der Waals surface area contributed by atoms with Crippen molar-refractivity contribution in [2.75, 3.05) is 19.6 Å². The van der Waals surface area contributed by atoms with Crippen LogP contribution in [0.4, 0.5) is 0 Å². The van der Waals surface area contributed by atoms with Gasteiger partial charge in [-0.15, -0.1) is 0 Å². The minimum atomic E-state index is 0.134. The molecule has 0 bridgehead atoms. The molecule has 0 radical (unpaired) electrons. The highest BCUT2D eigenvalue weighted by Crippen LogP contribution is 2.31. The number of amides is 1. The van der Waals surface area contributed by atoms with Crippen LogP contribution < -0.4 is 5.32 Å². The fraction of sp³-hybridized carbons (Fsp3) is 0.583. The SMILES string of the molecule is Cc1occc1C(=O)N1CC2CNCCC21. The second kappa shape index (κ2) is 3.63. The molecule has 4 heteroatoms. The topological polar surface area (TPSA) is 45.5 Å². The Morgan fingerprint density at radius 2 is 2.50 bits per heavy atom. The van der Waals surface area contributed by atoms with Crippen LogP contribution in [0.25, 0.3) is 0 Å². The van der Waals surface area contributed by atoms with Gasteiger partial charge in [-0.2, -0.15) is 0 Å². The number of nitrogens with zero attached hydrogens (tertiary/aromatic N) is 1. The summed E-state index contributed by atoms with van der Waals surface area (Å²) < 4.78 is 5.18. The van der Waals surface area contributed by atoms with Crippen LogP contribution in [0, 0.1) is 12.8 Å². The second-order valence-electron chi connectivity index (χ2n) is 4.67. The van der Waals surface area contributed by atoms with Gasteiger partial charge in [0.2, 0.25) is 0 Å². The molecule has 1 aromatic heterocycles. The van der Waals surface area contributed by atoms with E-state index in [2.05, 4.69) is 5.32 Å². The van der Waals surface area contributed by atoms with Gasteiger partial charge in [0, 0.05) is 25.0 Å². The van der Waals surface area contributed by atoms with Gasteiger partial charge in [0.25, 0.3) is 5.91 Å². The zero-order valence-electron chi connectivity index (χ0n) is 9.40. The summed E-state index contributed by atoms with van der Waals surface area (Å²) in [6.45, 7) is 4.81. The molecule has 2 aliphatic rings. The van der Waals surface area contributed by atoms with Crippen LogP contribution in [0.2, 0.25) is 0 Å². The maximum absolute atomic E-state index is 12.2. The van der Waals surface area contributed by atoms with E-state index in [-0.39, 0.29) is 5.91 Å². The van der Waals surface area contributed by atoms with E-state index in [1.54, 1.807) is 12.3 Å². The lowest BCUT2D eigenvalue weighted by Gasteiger charge is -2.50. The fourth-order valence-corrected chi connectivity index (χ4v) is 2.75. The molecule has 1 N–H and O–H groups in total. The van der Waals surface area contributed by atoms with Crippen LogP contribution in [-0.2, 0) is 0 Å². The first-order chi connectivity index (χ1) is 7.77. The van der Waals surface area contributed by atoms with Gasteiger partial charge in [0.15, 0.2) is 0 Å². The normalized spacial score (nSPS) is 28.4. The van der Waals surface area contributed by atoms with E-state index in [9.17, 15) is 4.79 Å². The van der Waals surface area contributed by atoms with Crippen molar-refractivity contribution < 1.29 is 9.21 Å². The highest BCUT2D eigenvalue weighted by atomic mass is 16.3. The molecule has 16 heavy (non-hydrogen) atoms. The van der Waals surface area contributed by atoms with E-state index >= 15 is 0 Å². The summed E-state index contributed by atoms with van der Waals surface area (Å²) in [7, 11) is 0. The Morgan fingerprint density at radius 1 is 1.62 bits per heavy atom. The van der Waals surface area contributed by atoms with Crippen molar-refractivity contribution in [1.29, 1.82) is 0 Å². The number of fused-ring (bicyclic) bond motifs is 1. The summed E-state index contributed by atoms with van der Waals surface area (Å²) in [5, 5.41) is 3.37. The van der Waals surface area contributed by atoms with Gasteiger partial charge in [-0.05, 0) is 26.0 Å². The summed E-state index contributed by atoms with van der Waals surface area (Å²) in [6.07, 6.45) is 2.66. The Kier molecular flexibility index (Phi) is 2.24. The number of furan rings is 1. The van der Waals surface area contributed by atoms with E-state index in [0.717, 1.165) is 37.4 Å². The van der Waals surface area contributed by atoms with E-state index in [1.807, 2.05) is 11.8 Å². The predicted octanol–water partition coefficient (Wildman–Crippen LogP) is 1.02. The third kappa shape index (κ3) is 1.37. The summed E-state index contributed by atoms with van der Waals surface area (Å²) in [5.41, 5.74) is 0.719. The molecule has 0 aliphatic carbocycles. The van der Waals surface area contributed by atoms with Crippen LogP contribution in [0.5, 0.6) is 0 Å². The molecule has 2 saturated heterocycles. The number of aryl methyl sites for hydroxylation is 1. The van der Waals surface area contributed by atoms with Gasteiger partial charge in [-0.3, -0.25) is 4.79 Å². The molecule has 2 atom stereocenters. The number of carbonyl (C=O) groups excluding carboxylic acids is 1. The number of rotatable bonds is 1. The molecule has 0 saturated carbocycles. The summed E-state index contributed by atoms with van der Waals surface area (Å²) in [4.78, 5) is 14.2. The third-order valence-corrected chi connectivity index (χ3v) is 3.75. The standard InChI is InChI=1S/C12H16N2O2/c1-8-10(3-5-16-8)12(15)14-7-9-6-13-4-2-11(9)14/h3,5,9,11,13H,2,4,6-7H2,1H3. The first kappa shape index (κ1) is 9.90. The number of piperidine rings is 1. The zero-order valence-corrected chi connectivity index (χ0v) is 9.40. The van der Waals surface area contributed by atoms with Gasteiger partial charge in [0.05, 0.1) is 11.8 Å². The van der Waals surface area contributed by atoms with Crippen molar-refractivity contribution in [3.05, 3.63) is 23.7 Å². The number of likely N-dealkylation sites (tertiary alicyclic amines) is 1. The number of nitrogens with one attached hydrogen (secondary N) is 1. The monoisotopic (exact) mass is 220 g/mol. The van der Waals surface area contributed by atoms with Gasteiger partial charge in [-0.25, -0.2) is 0 Å². The average molecular weight is 220 g/mol. The van der Waals surface area contributed by atoms with Crippen LogP contribution in [0.3, 0.4) is 0 Å². The average Bonchev–Trinajstić information content (AvgIpc) is 2.66. The van der Waals surface area contributed by atoms with Crippen molar-refractivity contribution in [2.24, 2.45) is 5.92 Å². The zero-order chi connectivity index (χ0) is 11.1. The molecular formula is C12H16N2O2. The maximum Gasteiger partial charge on any atom is 0.257 e. The van der Waals surface area contributed by atoms with Gasteiger partial charge >= 0.3 is 0 Å². The molecule has 4 nitrogen and oxygen atoms in total. The van der Waals surface area contributed by atoms with Crippen LogP contribution in [-0.4, -0.2) is 36.5 Å². The number of hydrogen-bond donors (Lipinski definition) is 1. The van der Waals surface area contributed by atoms with Crippen molar-refractivity contribution in [3.8, 4) is 0 Å². The first-order valence-electron chi connectivity index (χ1n) is 5.83. The largest absolute Gasteiger partial charge is 0.469 e. The van der Waals surface area contributed by atoms with Crippen LogP contribution >= 0.6 is 0 Å². The highest BCUT2D eigenvalue weighted by molar-refractivity contribution is 5.95. The summed E-state index contributed by atoms with van der Waals surface area (Å²) in [6, 6.07) is 2.22. The fourth-order valence-electron chi connectivity index (χ4n) is 2.75. The smallest absolute Gasteiger partial charge is 0.257 e. The molecule has 3 heterocycles. The molecule has 0 spiro atoms. The molecule has 2 unspecified atom stereocenters. The Hall–Kier alpha value is -1.29. The molecule has 2 fully saturated rings. The minimum absolute atomic E-state index is 0.134. The molecule has 2 aliphatic heterocycles. The lowest BCUT2D eigenvalue weighted by molar-refractivity contribution is 0.00235. The number of hydrogen-bond acceptors (Lipinski definition) is 3. The van der Waals surface area contributed by atoms with E-state index < -0.39 is 0 Å². The third-order valence-electron chi connectivity index (χ3n) is 3.75. The first-order valence-corrected chi connectivity index (χ1v) is 5.83. The van der Waals surface area contributed by atoms with Crippen molar-refractivity contribution in [2.45, 2.75) is 19.4 Å². The van der Waals surface area contributed by atoms with Gasteiger partial charge < -0.3 is 14.6 Å². The minimum Gasteiger partial charge on any atom is -0.469 e. The van der Waals surface area contributed by atoms with Crippen molar-refractivity contribution in [3.63, 3.8) is 0 Å². The second-order valence-corrected chi connectivity index (χ2v) is 4.67. The Balaban J connectivity index is 1.75. The van der Waals surface area contributed by atoms with E-state index in [1.165, 1.54) is 0 Å². The van der Waals surface area contributed by atoms with Crippen LogP contribution in [0.1, 0.15) is 22.5 Å². The quantitative estimate of drug-likeness (QED) is 0.768. The summed E-state index contributed by atoms with van der Waals surface area (Å²) in [5.74, 6) is 1.52. The molecule has 1 aromatic rings. The van der Waals surface area contributed by atoms with Crippen LogP contribution in [0.15, 0.2) is 16.7 Å². The summed E-state index contributed by atoms with van der Waals surface area (Å²) >= 11 is 0. The van der Waals surface area contributed by atoms with E-state index in [0.29, 0.717) is 12.0 Å². The lowest BCUT2D eigenvalue weighted by Crippen LogP contribution is -2.64. The van der Waals surface area contributed by atoms with Gasteiger partial charge in [-0.1, -0.05) is 0 Å². The van der Waals surface area contributed by atoms with Crippen molar-refractivity contribution >= 4 is 5.91 Å². The number of carbonyl (C=O) groups is 1. The molecule has 1 amide bonds. The molecule has 3 rings (SSSR count). The van der Waals surface area contributed by atoms with Crippen molar-refractivity contribution in [1.82, 2.24) is 10.2 Å². The Morgan fingerprint density at radius 3 is 3.19 bits per heavy atom. The van der Waals surface area contributed by atoms with Gasteiger partial charge in [0.1, 0.15) is 5.76 Å². The predicted molar refractivity (Wildman–Crippen MR) is 59.2 cm³/mol. The highest BCUT2D eigenvalue weighted by Gasteiger charge is 2.43. The Labute approximate surface area is 94.6 Å². The Bertz CT molecular complexity index is 413. The molecular weight excluding hydrogens is 204 g/mol. The van der Waals surface area contributed by atoms with E-state index in [4.69, 9.17) is 4.42 Å². The lowest BCUT2D eigenvalue weighted by atomic mass is 9.83. The molecule has 0 aromatic carbocycles.